The molecule has 24 heavy (non-hydrogen) atoms. The summed E-state index contributed by atoms with van der Waals surface area (Å²) in [7, 11) is 1.76. The number of aromatic nitrogens is 2. The average Bonchev–Trinajstić information content (AvgIpc) is 2.84. The summed E-state index contributed by atoms with van der Waals surface area (Å²) >= 11 is 0. The molecule has 7 heteroatoms. The van der Waals surface area contributed by atoms with E-state index in [0.717, 1.165) is 36.8 Å². The predicted molar refractivity (Wildman–Crippen MR) is 97.5 cm³/mol. The highest BCUT2D eigenvalue weighted by molar-refractivity contribution is 5.85. The van der Waals surface area contributed by atoms with Gasteiger partial charge in [-0.3, -0.25) is 13.9 Å². The first kappa shape index (κ1) is 18.5. The Morgan fingerprint density at radius 2 is 1.96 bits per heavy atom. The normalized spacial score (nSPS) is 17.8. The zero-order chi connectivity index (χ0) is 16.4. The maximum atomic E-state index is 12.5. The van der Waals surface area contributed by atoms with Gasteiger partial charge in [0, 0.05) is 39.1 Å². The van der Waals surface area contributed by atoms with E-state index in [1.165, 1.54) is 0 Å². The van der Waals surface area contributed by atoms with E-state index in [-0.39, 0.29) is 30.0 Å². The van der Waals surface area contributed by atoms with Gasteiger partial charge >= 0.3 is 5.69 Å². The number of hydrogen-bond acceptors (Lipinski definition) is 3. The van der Waals surface area contributed by atoms with Gasteiger partial charge in [-0.05, 0) is 31.4 Å². The van der Waals surface area contributed by atoms with Crippen LogP contribution in [0.25, 0.3) is 11.0 Å². The third-order valence-electron chi connectivity index (χ3n) is 4.82. The van der Waals surface area contributed by atoms with E-state index < -0.39 is 0 Å². The van der Waals surface area contributed by atoms with Crippen molar-refractivity contribution < 1.29 is 4.79 Å². The third-order valence-corrected chi connectivity index (χ3v) is 4.82. The molecule has 1 amide bonds. The molecule has 1 atom stereocenters. The van der Waals surface area contributed by atoms with Crippen molar-refractivity contribution in [2.24, 2.45) is 12.8 Å². The fourth-order valence-corrected chi connectivity index (χ4v) is 3.50. The lowest BCUT2D eigenvalue weighted by Gasteiger charge is -2.35. The second kappa shape index (κ2) is 7.85. The summed E-state index contributed by atoms with van der Waals surface area (Å²) in [6.07, 6.45) is 3.49. The van der Waals surface area contributed by atoms with Crippen LogP contribution < -0.4 is 11.4 Å². The van der Waals surface area contributed by atoms with Crippen LogP contribution in [-0.4, -0.2) is 39.1 Å². The highest BCUT2D eigenvalue weighted by atomic mass is 35.5. The van der Waals surface area contributed by atoms with E-state index in [1.807, 2.05) is 29.2 Å². The molecule has 1 aliphatic rings. The van der Waals surface area contributed by atoms with Gasteiger partial charge in [0.15, 0.2) is 0 Å². The number of halogens is 1. The topological polar surface area (TPSA) is 73.3 Å². The number of nitrogens with zero attached hydrogens (tertiary/aromatic N) is 3. The van der Waals surface area contributed by atoms with E-state index in [0.29, 0.717) is 19.5 Å². The standard InChI is InChI=1S/C17H24N4O2.ClH/c1-19-14-7-2-3-8-15(14)21(17(19)23)11-9-16(22)20-10-5-4-6-13(20)12-18;/h2-3,7-8,13H,4-6,9-12,18H2,1H3;1H. The number of carbonyl (C=O) groups is 1. The van der Waals surface area contributed by atoms with Crippen LogP contribution in [0.3, 0.4) is 0 Å². The zero-order valence-corrected chi connectivity index (χ0v) is 14.8. The van der Waals surface area contributed by atoms with Crippen molar-refractivity contribution in [3.63, 3.8) is 0 Å². The monoisotopic (exact) mass is 352 g/mol. The van der Waals surface area contributed by atoms with Crippen molar-refractivity contribution in [2.45, 2.75) is 38.3 Å². The van der Waals surface area contributed by atoms with Gasteiger partial charge < -0.3 is 10.6 Å². The van der Waals surface area contributed by atoms with Crippen molar-refractivity contribution >= 4 is 29.3 Å². The molecule has 2 N–H and O–H groups in total. The van der Waals surface area contributed by atoms with E-state index in [2.05, 4.69) is 0 Å². The Labute approximate surface area is 147 Å². The number of imidazole rings is 1. The van der Waals surface area contributed by atoms with Gasteiger partial charge in [0.25, 0.3) is 0 Å². The largest absolute Gasteiger partial charge is 0.338 e. The lowest BCUT2D eigenvalue weighted by atomic mass is 10.0. The lowest BCUT2D eigenvalue weighted by molar-refractivity contribution is -0.134. The van der Waals surface area contributed by atoms with Gasteiger partial charge in [-0.1, -0.05) is 12.1 Å². The van der Waals surface area contributed by atoms with Gasteiger partial charge in [0.05, 0.1) is 11.0 Å². The number of carbonyl (C=O) groups excluding carboxylic acids is 1. The lowest BCUT2D eigenvalue weighted by Crippen LogP contribution is -2.47. The molecule has 0 aliphatic carbocycles. The van der Waals surface area contributed by atoms with Gasteiger partial charge in [-0.25, -0.2) is 4.79 Å². The Hall–Kier alpha value is -1.79. The van der Waals surface area contributed by atoms with Crippen molar-refractivity contribution in [3.8, 4) is 0 Å². The summed E-state index contributed by atoms with van der Waals surface area (Å²) < 4.78 is 3.32. The van der Waals surface area contributed by atoms with Gasteiger partial charge in [0.2, 0.25) is 5.91 Å². The number of fused-ring (bicyclic) bond motifs is 1. The molecule has 132 valence electrons. The molecule has 2 aromatic rings. The summed E-state index contributed by atoms with van der Waals surface area (Å²) in [6, 6.07) is 7.82. The van der Waals surface area contributed by atoms with Crippen LogP contribution in [0, 0.1) is 0 Å². The molecule has 1 aromatic heterocycles. The Balaban J connectivity index is 0.00000208. The van der Waals surface area contributed by atoms with Gasteiger partial charge in [0.1, 0.15) is 0 Å². The summed E-state index contributed by atoms with van der Waals surface area (Å²) in [5.41, 5.74) is 7.48. The number of para-hydroxylation sites is 2. The molecule has 0 radical (unpaired) electrons. The van der Waals surface area contributed by atoms with Crippen LogP contribution in [0.5, 0.6) is 0 Å². The Morgan fingerprint density at radius 3 is 2.67 bits per heavy atom. The molecule has 0 bridgehead atoms. The number of benzene rings is 1. The van der Waals surface area contributed by atoms with Crippen LogP contribution >= 0.6 is 12.4 Å². The Morgan fingerprint density at radius 1 is 1.25 bits per heavy atom. The molecule has 0 spiro atoms. The molecule has 1 aliphatic heterocycles. The highest BCUT2D eigenvalue weighted by Crippen LogP contribution is 2.18. The number of hydrogen-bond donors (Lipinski definition) is 1. The van der Waals surface area contributed by atoms with Crippen molar-refractivity contribution in [1.29, 1.82) is 0 Å². The molecular weight excluding hydrogens is 328 g/mol. The fraction of sp³-hybridized carbons (Fsp3) is 0.529. The first-order valence-corrected chi connectivity index (χ1v) is 8.27. The second-order valence-electron chi connectivity index (χ2n) is 6.20. The van der Waals surface area contributed by atoms with Crippen molar-refractivity contribution in [2.75, 3.05) is 13.1 Å². The average molecular weight is 353 g/mol. The van der Waals surface area contributed by atoms with Crippen molar-refractivity contribution in [3.05, 3.63) is 34.7 Å². The van der Waals surface area contributed by atoms with Crippen LogP contribution in [-0.2, 0) is 18.4 Å². The smallest absolute Gasteiger partial charge is 0.328 e. The zero-order valence-electron chi connectivity index (χ0n) is 14.0. The molecule has 3 rings (SSSR count). The summed E-state index contributed by atoms with van der Waals surface area (Å²) in [5.74, 6) is 0.0972. The van der Waals surface area contributed by atoms with E-state index in [9.17, 15) is 9.59 Å². The first-order chi connectivity index (χ1) is 11.1. The number of likely N-dealkylation sites (tertiary alicyclic amines) is 1. The van der Waals surface area contributed by atoms with E-state index in [4.69, 9.17) is 5.73 Å². The SMILES string of the molecule is Cl.Cn1c(=O)n(CCC(=O)N2CCCCC2CN)c2ccccc21. The summed E-state index contributed by atoms with van der Waals surface area (Å²) in [4.78, 5) is 26.8. The van der Waals surface area contributed by atoms with Crippen molar-refractivity contribution in [1.82, 2.24) is 14.0 Å². The van der Waals surface area contributed by atoms with Gasteiger partial charge in [-0.15, -0.1) is 12.4 Å². The number of rotatable bonds is 4. The number of aryl methyl sites for hydroxylation is 2. The fourth-order valence-electron chi connectivity index (χ4n) is 3.50. The van der Waals surface area contributed by atoms with E-state index in [1.54, 1.807) is 16.2 Å². The predicted octanol–water partition coefficient (Wildman–Crippen LogP) is 1.49. The third kappa shape index (κ3) is 3.35. The van der Waals surface area contributed by atoms with Crippen LogP contribution in [0.2, 0.25) is 0 Å². The molecule has 1 fully saturated rings. The molecule has 6 nitrogen and oxygen atoms in total. The maximum absolute atomic E-state index is 12.5. The summed E-state index contributed by atoms with van der Waals surface area (Å²) in [6.45, 7) is 1.71. The first-order valence-electron chi connectivity index (χ1n) is 8.27. The minimum Gasteiger partial charge on any atom is -0.338 e. The molecule has 1 unspecified atom stereocenters. The Kier molecular flexibility index (Phi) is 6.07. The van der Waals surface area contributed by atoms with Crippen LogP contribution in [0.15, 0.2) is 29.1 Å². The second-order valence-corrected chi connectivity index (χ2v) is 6.20. The number of amides is 1. The molecule has 1 aromatic carbocycles. The maximum Gasteiger partial charge on any atom is 0.328 e. The quantitative estimate of drug-likeness (QED) is 0.906. The molecule has 1 saturated heterocycles. The molecule has 2 heterocycles. The number of nitrogens with two attached hydrogens (primary N) is 1. The molecular formula is C17H25ClN4O2. The number of piperidine rings is 1. The van der Waals surface area contributed by atoms with Crippen LogP contribution in [0.4, 0.5) is 0 Å². The molecule has 0 saturated carbocycles. The Bertz CT molecular complexity index is 768. The minimum absolute atomic E-state index is 0. The van der Waals surface area contributed by atoms with Gasteiger partial charge in [-0.2, -0.15) is 0 Å². The minimum atomic E-state index is -0.0759. The van der Waals surface area contributed by atoms with E-state index >= 15 is 0 Å². The highest BCUT2D eigenvalue weighted by Gasteiger charge is 2.25. The van der Waals surface area contributed by atoms with Crippen LogP contribution in [0.1, 0.15) is 25.7 Å². The summed E-state index contributed by atoms with van der Waals surface area (Å²) in [5, 5.41) is 0.